The highest BCUT2D eigenvalue weighted by Crippen LogP contribution is 2.37. The molecule has 182 valence electrons. The van der Waals surface area contributed by atoms with Crippen molar-refractivity contribution < 1.29 is 9.31 Å². The van der Waals surface area contributed by atoms with Crippen molar-refractivity contribution in [3.05, 3.63) is 103 Å². The Bertz CT molecular complexity index is 1550. The van der Waals surface area contributed by atoms with Crippen LogP contribution in [-0.4, -0.2) is 28.3 Å². The monoisotopic (exact) mass is 484 g/mol. The number of hydrogen-bond donors (Lipinski definition) is 0. The molecule has 0 atom stereocenters. The minimum absolute atomic E-state index is 0.372. The molecule has 0 amide bonds. The highest BCUT2D eigenvalue weighted by molar-refractivity contribution is 6.62. The molecule has 0 aliphatic carbocycles. The second kappa shape index (κ2) is 8.95. The standard InChI is InChI=1S/C32H29BN2O2/c1-31(2)32(3,4)37-33(36-31)26-20-18-25(19-21-26)30-34-28-13-9-8-12-27(28)29(35-30)24-16-14-23(15-17-24)22-10-6-5-7-11-22/h5-21H,1-4H3. The van der Waals surface area contributed by atoms with Crippen molar-refractivity contribution in [2.75, 3.05) is 0 Å². The molecule has 0 N–H and O–H groups in total. The fourth-order valence-electron chi connectivity index (χ4n) is 4.65. The minimum Gasteiger partial charge on any atom is -0.399 e. The van der Waals surface area contributed by atoms with Crippen molar-refractivity contribution in [3.8, 4) is 33.8 Å². The number of benzene rings is 4. The van der Waals surface area contributed by atoms with Gasteiger partial charge in [-0.15, -0.1) is 0 Å². The molecular weight excluding hydrogens is 455 g/mol. The summed E-state index contributed by atoms with van der Waals surface area (Å²) >= 11 is 0. The Morgan fingerprint density at radius 3 is 1.76 bits per heavy atom. The highest BCUT2D eigenvalue weighted by Gasteiger charge is 2.51. The lowest BCUT2D eigenvalue weighted by Gasteiger charge is -2.32. The van der Waals surface area contributed by atoms with Crippen LogP contribution in [0.1, 0.15) is 27.7 Å². The molecule has 1 saturated heterocycles. The van der Waals surface area contributed by atoms with Gasteiger partial charge in [-0.3, -0.25) is 0 Å². The molecule has 6 rings (SSSR count). The molecule has 1 aromatic heterocycles. The maximum absolute atomic E-state index is 6.22. The van der Waals surface area contributed by atoms with E-state index in [-0.39, 0.29) is 11.2 Å². The number of para-hydroxylation sites is 1. The minimum atomic E-state index is -0.393. The Kier molecular flexibility index (Phi) is 5.71. The lowest BCUT2D eigenvalue weighted by Crippen LogP contribution is -2.41. The van der Waals surface area contributed by atoms with Gasteiger partial charge in [0.05, 0.1) is 22.4 Å². The molecule has 0 unspecified atom stereocenters. The second-order valence-electron chi connectivity index (χ2n) is 10.6. The molecule has 1 aliphatic rings. The molecule has 0 radical (unpaired) electrons. The van der Waals surface area contributed by atoms with Gasteiger partial charge in [0.2, 0.25) is 0 Å². The molecule has 1 fully saturated rings. The highest BCUT2D eigenvalue weighted by atomic mass is 16.7. The Morgan fingerprint density at radius 2 is 1.08 bits per heavy atom. The van der Waals surface area contributed by atoms with Crippen LogP contribution in [0.4, 0.5) is 0 Å². The third-order valence-corrected chi connectivity index (χ3v) is 7.56. The zero-order valence-corrected chi connectivity index (χ0v) is 21.6. The summed E-state index contributed by atoms with van der Waals surface area (Å²) in [7, 11) is -0.393. The lowest BCUT2D eigenvalue weighted by molar-refractivity contribution is 0.00578. The van der Waals surface area contributed by atoms with Crippen LogP contribution >= 0.6 is 0 Å². The van der Waals surface area contributed by atoms with Crippen molar-refractivity contribution in [3.63, 3.8) is 0 Å². The number of fused-ring (bicyclic) bond motifs is 1. The summed E-state index contributed by atoms with van der Waals surface area (Å²) in [4.78, 5) is 9.94. The molecule has 5 aromatic rings. The van der Waals surface area contributed by atoms with Gasteiger partial charge in [0.25, 0.3) is 0 Å². The van der Waals surface area contributed by atoms with E-state index in [1.54, 1.807) is 0 Å². The van der Waals surface area contributed by atoms with E-state index < -0.39 is 7.12 Å². The molecule has 0 spiro atoms. The molecular formula is C32H29BN2O2. The normalized spacial score (nSPS) is 16.3. The summed E-state index contributed by atoms with van der Waals surface area (Å²) in [5.74, 6) is 0.696. The average Bonchev–Trinajstić information content (AvgIpc) is 3.15. The van der Waals surface area contributed by atoms with Gasteiger partial charge in [0.1, 0.15) is 0 Å². The third-order valence-electron chi connectivity index (χ3n) is 7.56. The van der Waals surface area contributed by atoms with E-state index in [2.05, 4.69) is 82.3 Å². The van der Waals surface area contributed by atoms with Gasteiger partial charge < -0.3 is 9.31 Å². The molecule has 4 nitrogen and oxygen atoms in total. The SMILES string of the molecule is CC1(C)OB(c2ccc(-c3nc(-c4ccc(-c5ccccc5)cc4)c4ccccc4n3)cc2)OC1(C)C. The molecule has 1 aliphatic heterocycles. The van der Waals surface area contributed by atoms with Gasteiger partial charge in [-0.05, 0) is 50.4 Å². The van der Waals surface area contributed by atoms with Gasteiger partial charge in [0, 0.05) is 16.5 Å². The summed E-state index contributed by atoms with van der Waals surface area (Å²) in [6.45, 7) is 8.27. The van der Waals surface area contributed by atoms with Gasteiger partial charge in [0.15, 0.2) is 5.82 Å². The second-order valence-corrected chi connectivity index (χ2v) is 10.6. The van der Waals surface area contributed by atoms with Crippen LogP contribution in [0.5, 0.6) is 0 Å². The van der Waals surface area contributed by atoms with Crippen molar-refractivity contribution in [1.82, 2.24) is 9.97 Å². The van der Waals surface area contributed by atoms with Gasteiger partial charge in [-0.1, -0.05) is 97.1 Å². The van der Waals surface area contributed by atoms with Crippen LogP contribution in [0, 0.1) is 0 Å². The summed E-state index contributed by atoms with van der Waals surface area (Å²) in [6.07, 6.45) is 0. The third kappa shape index (κ3) is 4.35. The van der Waals surface area contributed by atoms with Crippen LogP contribution in [0.3, 0.4) is 0 Å². The predicted octanol–water partition coefficient (Wildman–Crippen LogP) is 6.93. The van der Waals surface area contributed by atoms with E-state index in [1.165, 1.54) is 11.1 Å². The summed E-state index contributed by atoms with van der Waals surface area (Å²) < 4.78 is 12.4. The molecule has 4 aromatic carbocycles. The zero-order chi connectivity index (χ0) is 25.6. The van der Waals surface area contributed by atoms with E-state index >= 15 is 0 Å². The molecule has 0 saturated carbocycles. The van der Waals surface area contributed by atoms with Gasteiger partial charge in [-0.2, -0.15) is 0 Å². The van der Waals surface area contributed by atoms with Gasteiger partial charge in [-0.25, -0.2) is 9.97 Å². The average molecular weight is 484 g/mol. The maximum Gasteiger partial charge on any atom is 0.494 e. The van der Waals surface area contributed by atoms with Crippen LogP contribution in [0.25, 0.3) is 44.7 Å². The number of aromatic nitrogens is 2. The van der Waals surface area contributed by atoms with E-state index in [9.17, 15) is 0 Å². The van der Waals surface area contributed by atoms with E-state index in [0.29, 0.717) is 5.82 Å². The first-order valence-corrected chi connectivity index (χ1v) is 12.7. The van der Waals surface area contributed by atoms with Crippen LogP contribution in [0.2, 0.25) is 0 Å². The quantitative estimate of drug-likeness (QED) is 0.260. The maximum atomic E-state index is 6.22. The predicted molar refractivity (Wildman–Crippen MR) is 152 cm³/mol. The zero-order valence-electron chi connectivity index (χ0n) is 21.6. The van der Waals surface area contributed by atoms with Crippen LogP contribution < -0.4 is 5.46 Å². The van der Waals surface area contributed by atoms with Crippen molar-refractivity contribution in [1.29, 1.82) is 0 Å². The first-order chi connectivity index (χ1) is 17.8. The topological polar surface area (TPSA) is 44.2 Å². The smallest absolute Gasteiger partial charge is 0.399 e. The first-order valence-electron chi connectivity index (χ1n) is 12.7. The first kappa shape index (κ1) is 23.6. The van der Waals surface area contributed by atoms with Crippen molar-refractivity contribution in [2.24, 2.45) is 0 Å². The van der Waals surface area contributed by atoms with Crippen LogP contribution in [0.15, 0.2) is 103 Å². The summed E-state index contributed by atoms with van der Waals surface area (Å²) in [5.41, 5.74) is 6.48. The van der Waals surface area contributed by atoms with Gasteiger partial charge >= 0.3 is 7.12 Å². The molecule has 37 heavy (non-hydrogen) atoms. The fraction of sp³-hybridized carbons (Fsp3) is 0.188. The molecule has 2 heterocycles. The van der Waals surface area contributed by atoms with Crippen molar-refractivity contribution in [2.45, 2.75) is 38.9 Å². The van der Waals surface area contributed by atoms with E-state index in [0.717, 1.165) is 33.2 Å². The summed E-state index contributed by atoms with van der Waals surface area (Å²) in [6, 6.07) is 35.4. The Labute approximate surface area is 218 Å². The molecule has 5 heteroatoms. The van der Waals surface area contributed by atoms with Crippen molar-refractivity contribution >= 4 is 23.5 Å². The molecule has 0 bridgehead atoms. The van der Waals surface area contributed by atoms with E-state index in [4.69, 9.17) is 19.3 Å². The number of hydrogen-bond acceptors (Lipinski definition) is 4. The fourth-order valence-corrected chi connectivity index (χ4v) is 4.65. The summed E-state index contributed by atoms with van der Waals surface area (Å²) in [5, 5.41) is 1.03. The largest absolute Gasteiger partial charge is 0.494 e. The van der Waals surface area contributed by atoms with E-state index in [1.807, 2.05) is 48.5 Å². The Morgan fingerprint density at radius 1 is 0.541 bits per heavy atom. The lowest BCUT2D eigenvalue weighted by atomic mass is 9.79. The Hall–Kier alpha value is -3.80. The Balaban J connectivity index is 1.36. The van der Waals surface area contributed by atoms with Crippen LogP contribution in [-0.2, 0) is 9.31 Å². The number of nitrogens with zero attached hydrogens (tertiary/aromatic N) is 2. The number of rotatable bonds is 4.